The predicted molar refractivity (Wildman–Crippen MR) is 74.2 cm³/mol. The first-order chi connectivity index (χ1) is 8.79. The summed E-state index contributed by atoms with van der Waals surface area (Å²) in [4.78, 5) is 0. The van der Waals surface area contributed by atoms with Gasteiger partial charge in [-0.3, -0.25) is 0 Å². The van der Waals surface area contributed by atoms with E-state index in [1.54, 1.807) is 7.11 Å². The zero-order chi connectivity index (χ0) is 12.5. The van der Waals surface area contributed by atoms with Gasteiger partial charge in [0.25, 0.3) is 0 Å². The molecule has 1 saturated heterocycles. The number of methoxy groups -OCH3 is 1. The highest BCUT2D eigenvalue weighted by atomic mass is 16.5. The molecule has 2 heterocycles. The highest BCUT2D eigenvalue weighted by Gasteiger charge is 2.17. The van der Waals surface area contributed by atoms with Crippen molar-refractivity contribution in [2.24, 2.45) is 7.05 Å². The Balaban J connectivity index is 2.02. The van der Waals surface area contributed by atoms with Crippen molar-refractivity contribution < 1.29 is 4.74 Å². The van der Waals surface area contributed by atoms with E-state index >= 15 is 0 Å². The lowest BCUT2D eigenvalue weighted by atomic mass is 10.0. The quantitative estimate of drug-likeness (QED) is 0.897. The third kappa shape index (κ3) is 1.89. The van der Waals surface area contributed by atoms with Crippen LogP contribution in [0.2, 0.25) is 0 Å². The number of benzene rings is 1. The summed E-state index contributed by atoms with van der Waals surface area (Å²) in [6.45, 7) is 1.17. The van der Waals surface area contributed by atoms with Crippen LogP contribution in [0.3, 0.4) is 0 Å². The maximum Gasteiger partial charge on any atom is 0.143 e. The second-order valence-electron chi connectivity index (χ2n) is 5.11. The molecule has 3 nitrogen and oxygen atoms in total. The smallest absolute Gasteiger partial charge is 0.143 e. The van der Waals surface area contributed by atoms with E-state index < -0.39 is 0 Å². The molecular weight excluding hydrogens is 224 g/mol. The highest BCUT2D eigenvalue weighted by molar-refractivity contribution is 5.89. The van der Waals surface area contributed by atoms with Crippen LogP contribution in [-0.2, 0) is 13.5 Å². The molecule has 1 atom stereocenters. The SMILES string of the molecule is COc1ccc(CC2CCCN2)c2ccn(C)c12. The molecule has 2 aromatic rings. The number of ether oxygens (including phenoxy) is 1. The average molecular weight is 244 g/mol. The second-order valence-corrected chi connectivity index (χ2v) is 5.11. The topological polar surface area (TPSA) is 26.2 Å². The van der Waals surface area contributed by atoms with Crippen molar-refractivity contribution in [2.45, 2.75) is 25.3 Å². The van der Waals surface area contributed by atoms with Gasteiger partial charge >= 0.3 is 0 Å². The Labute approximate surface area is 108 Å². The van der Waals surface area contributed by atoms with Gasteiger partial charge in [-0.05, 0) is 43.5 Å². The maximum absolute atomic E-state index is 5.46. The lowest BCUT2D eigenvalue weighted by Gasteiger charge is -2.13. The zero-order valence-corrected chi connectivity index (χ0v) is 11.1. The van der Waals surface area contributed by atoms with E-state index in [4.69, 9.17) is 4.74 Å². The number of hydrogen-bond donors (Lipinski definition) is 1. The monoisotopic (exact) mass is 244 g/mol. The first-order valence-electron chi connectivity index (χ1n) is 6.64. The van der Waals surface area contributed by atoms with Crippen LogP contribution in [0.1, 0.15) is 18.4 Å². The van der Waals surface area contributed by atoms with Gasteiger partial charge in [0.15, 0.2) is 0 Å². The second kappa shape index (κ2) is 4.65. The van der Waals surface area contributed by atoms with Crippen LogP contribution in [0, 0.1) is 0 Å². The zero-order valence-electron chi connectivity index (χ0n) is 11.1. The van der Waals surface area contributed by atoms with Gasteiger partial charge in [0.2, 0.25) is 0 Å². The van der Waals surface area contributed by atoms with Gasteiger partial charge in [-0.2, -0.15) is 0 Å². The first kappa shape index (κ1) is 11.6. The van der Waals surface area contributed by atoms with Crippen LogP contribution in [0.15, 0.2) is 24.4 Å². The summed E-state index contributed by atoms with van der Waals surface area (Å²) in [5, 5.41) is 4.89. The lowest BCUT2D eigenvalue weighted by molar-refractivity contribution is 0.417. The maximum atomic E-state index is 5.46. The fourth-order valence-electron chi connectivity index (χ4n) is 2.98. The Bertz CT molecular complexity index is 553. The van der Waals surface area contributed by atoms with E-state index in [2.05, 4.69) is 41.3 Å². The minimum absolute atomic E-state index is 0.641. The Morgan fingerprint density at radius 1 is 1.39 bits per heavy atom. The van der Waals surface area contributed by atoms with E-state index in [1.165, 1.54) is 35.9 Å². The largest absolute Gasteiger partial charge is 0.495 e. The molecule has 0 bridgehead atoms. The van der Waals surface area contributed by atoms with Crippen molar-refractivity contribution in [1.29, 1.82) is 0 Å². The molecule has 3 rings (SSSR count). The summed E-state index contributed by atoms with van der Waals surface area (Å²) < 4.78 is 7.59. The highest BCUT2D eigenvalue weighted by Crippen LogP contribution is 2.30. The van der Waals surface area contributed by atoms with Crippen LogP contribution in [0.4, 0.5) is 0 Å². The van der Waals surface area contributed by atoms with Crippen molar-refractivity contribution in [1.82, 2.24) is 9.88 Å². The molecule has 1 aromatic heterocycles. The van der Waals surface area contributed by atoms with Gasteiger partial charge in [-0.25, -0.2) is 0 Å². The molecule has 0 radical (unpaired) electrons. The normalized spacial score (nSPS) is 19.6. The summed E-state index contributed by atoms with van der Waals surface area (Å²) in [7, 11) is 3.81. The number of hydrogen-bond acceptors (Lipinski definition) is 2. The van der Waals surface area contributed by atoms with Crippen molar-refractivity contribution in [3.05, 3.63) is 30.0 Å². The van der Waals surface area contributed by atoms with Gasteiger partial charge in [0, 0.05) is 24.7 Å². The molecule has 3 heteroatoms. The summed E-state index contributed by atoms with van der Waals surface area (Å²) in [5.74, 6) is 0.959. The summed E-state index contributed by atoms with van der Waals surface area (Å²) in [5.41, 5.74) is 2.62. The van der Waals surface area contributed by atoms with Crippen LogP contribution < -0.4 is 10.1 Å². The Morgan fingerprint density at radius 2 is 2.28 bits per heavy atom. The molecule has 0 saturated carbocycles. The van der Waals surface area contributed by atoms with Crippen LogP contribution in [0.5, 0.6) is 5.75 Å². The van der Waals surface area contributed by atoms with Crippen LogP contribution >= 0.6 is 0 Å². The molecule has 1 N–H and O–H groups in total. The average Bonchev–Trinajstić information content (AvgIpc) is 3.01. The van der Waals surface area contributed by atoms with Crippen molar-refractivity contribution in [3.63, 3.8) is 0 Å². The van der Waals surface area contributed by atoms with Crippen LogP contribution in [0.25, 0.3) is 10.9 Å². The van der Waals surface area contributed by atoms with Crippen molar-refractivity contribution in [2.75, 3.05) is 13.7 Å². The summed E-state index contributed by atoms with van der Waals surface area (Å²) in [6.07, 6.45) is 5.82. The van der Waals surface area contributed by atoms with Gasteiger partial charge in [0.1, 0.15) is 5.75 Å². The van der Waals surface area contributed by atoms with Crippen LogP contribution in [-0.4, -0.2) is 24.3 Å². The van der Waals surface area contributed by atoms with Crippen molar-refractivity contribution in [3.8, 4) is 5.75 Å². The number of aromatic nitrogens is 1. The van der Waals surface area contributed by atoms with E-state index in [0.29, 0.717) is 6.04 Å². The molecule has 1 fully saturated rings. The molecule has 1 aliphatic rings. The van der Waals surface area contributed by atoms with Gasteiger partial charge in [-0.15, -0.1) is 0 Å². The Kier molecular flexibility index (Phi) is 3.00. The number of nitrogens with zero attached hydrogens (tertiary/aromatic N) is 1. The molecule has 1 unspecified atom stereocenters. The Hall–Kier alpha value is -1.48. The standard InChI is InChI=1S/C15H20N2O/c1-17-9-7-13-11(10-12-4-3-8-16-12)5-6-14(18-2)15(13)17/h5-7,9,12,16H,3-4,8,10H2,1-2H3. The minimum atomic E-state index is 0.641. The Morgan fingerprint density at radius 3 is 3.00 bits per heavy atom. The third-order valence-corrected chi connectivity index (χ3v) is 3.94. The van der Waals surface area contributed by atoms with E-state index in [-0.39, 0.29) is 0 Å². The molecule has 0 amide bonds. The number of aryl methyl sites for hydroxylation is 1. The molecule has 0 spiro atoms. The molecule has 96 valence electrons. The predicted octanol–water partition coefficient (Wildman–Crippen LogP) is 2.48. The van der Waals surface area contributed by atoms with E-state index in [9.17, 15) is 0 Å². The van der Waals surface area contributed by atoms with Gasteiger partial charge < -0.3 is 14.6 Å². The molecule has 18 heavy (non-hydrogen) atoms. The molecular formula is C15H20N2O. The summed E-state index contributed by atoms with van der Waals surface area (Å²) >= 11 is 0. The van der Waals surface area contributed by atoms with E-state index in [0.717, 1.165) is 12.2 Å². The third-order valence-electron chi connectivity index (χ3n) is 3.94. The summed E-state index contributed by atoms with van der Waals surface area (Å²) in [6, 6.07) is 7.14. The number of fused-ring (bicyclic) bond motifs is 1. The fourth-order valence-corrected chi connectivity index (χ4v) is 2.98. The number of rotatable bonds is 3. The minimum Gasteiger partial charge on any atom is -0.495 e. The van der Waals surface area contributed by atoms with Gasteiger partial charge in [-0.1, -0.05) is 6.07 Å². The molecule has 1 aromatic carbocycles. The van der Waals surface area contributed by atoms with Crippen molar-refractivity contribution >= 4 is 10.9 Å². The van der Waals surface area contributed by atoms with Gasteiger partial charge in [0.05, 0.1) is 12.6 Å². The fraction of sp³-hybridized carbons (Fsp3) is 0.467. The van der Waals surface area contributed by atoms with E-state index in [1.807, 2.05) is 0 Å². The lowest BCUT2D eigenvalue weighted by Crippen LogP contribution is -2.23. The molecule has 1 aliphatic heterocycles. The molecule has 0 aliphatic carbocycles. The first-order valence-corrected chi connectivity index (χ1v) is 6.64. The number of nitrogens with one attached hydrogen (secondary N) is 1.